The molecule has 0 fully saturated rings. The minimum absolute atomic E-state index is 0.00824. The van der Waals surface area contributed by atoms with Gasteiger partial charge in [-0.25, -0.2) is 4.79 Å². The minimum Gasteiger partial charge on any atom is -0.493 e. The second-order valence-corrected chi connectivity index (χ2v) is 6.81. The van der Waals surface area contributed by atoms with Gasteiger partial charge < -0.3 is 14.6 Å². The highest BCUT2D eigenvalue weighted by Gasteiger charge is 2.48. The van der Waals surface area contributed by atoms with E-state index in [-0.39, 0.29) is 11.3 Å². The molecule has 0 saturated heterocycles. The molecule has 1 aliphatic heterocycles. The van der Waals surface area contributed by atoms with Crippen LogP contribution >= 0.6 is 0 Å². The lowest BCUT2D eigenvalue weighted by molar-refractivity contribution is -0.187. The number of hydrogen-bond donors (Lipinski definition) is 1. The number of rotatable bonds is 7. The van der Waals surface area contributed by atoms with Crippen molar-refractivity contribution in [1.29, 1.82) is 0 Å². The van der Waals surface area contributed by atoms with Crippen LogP contribution in [0.3, 0.4) is 0 Å². The number of carbonyl (C=O) groups is 1. The summed E-state index contributed by atoms with van der Waals surface area (Å²) in [5, 5.41) is 9.21. The highest BCUT2D eigenvalue weighted by Crippen LogP contribution is 2.40. The van der Waals surface area contributed by atoms with Gasteiger partial charge in [-0.1, -0.05) is 43.7 Å². The van der Waals surface area contributed by atoms with Crippen LogP contribution in [0, 0.1) is 0 Å². The third kappa shape index (κ3) is 4.91. The van der Waals surface area contributed by atoms with E-state index in [4.69, 9.17) is 9.47 Å². The van der Waals surface area contributed by atoms with Gasteiger partial charge in [-0.15, -0.1) is 0 Å². The van der Waals surface area contributed by atoms with Gasteiger partial charge in [0.25, 0.3) is 0 Å². The Morgan fingerprint density at radius 3 is 2.55 bits per heavy atom. The summed E-state index contributed by atoms with van der Waals surface area (Å²) in [4.78, 5) is 11.3. The first kappa shape index (κ1) is 20.8. The van der Waals surface area contributed by atoms with Gasteiger partial charge in [-0.2, -0.15) is 13.2 Å². The molecule has 1 unspecified atom stereocenters. The fourth-order valence-corrected chi connectivity index (χ4v) is 3.10. The van der Waals surface area contributed by atoms with E-state index in [0.29, 0.717) is 24.3 Å². The zero-order valence-corrected chi connectivity index (χ0v) is 15.8. The molecule has 1 atom stereocenters. The molecule has 1 heterocycles. The number of hydrogen-bond acceptors (Lipinski definition) is 3. The van der Waals surface area contributed by atoms with E-state index in [1.807, 2.05) is 37.3 Å². The molecule has 7 heteroatoms. The topological polar surface area (TPSA) is 55.8 Å². The Morgan fingerprint density at radius 2 is 1.93 bits per heavy atom. The number of alkyl halides is 3. The van der Waals surface area contributed by atoms with Crippen LogP contribution in [-0.4, -0.2) is 30.0 Å². The van der Waals surface area contributed by atoms with Crippen molar-refractivity contribution in [3.8, 4) is 11.5 Å². The average molecular weight is 406 g/mol. The standard InChI is InChI=1S/C22H21F3O4/c1-2-3-9-28-18-12-16-11-17(21(26)27)20(22(23,24)25)29-19(16)13-15(18)10-14-7-5-4-6-8-14/h4-8,11-13,20H,2-3,9-10H2,1H3,(H,26,27). The molecule has 1 aliphatic rings. The highest BCUT2D eigenvalue weighted by atomic mass is 19.4. The molecule has 2 aromatic rings. The number of carboxylic acid groups (broad SMARTS) is 1. The summed E-state index contributed by atoms with van der Waals surface area (Å²) in [5.41, 5.74) is 1.06. The zero-order valence-electron chi connectivity index (χ0n) is 15.8. The van der Waals surface area contributed by atoms with E-state index in [0.717, 1.165) is 24.5 Å². The van der Waals surface area contributed by atoms with Crippen molar-refractivity contribution in [2.75, 3.05) is 6.61 Å². The maximum absolute atomic E-state index is 13.3. The van der Waals surface area contributed by atoms with Crippen LogP contribution in [0.2, 0.25) is 0 Å². The summed E-state index contributed by atoms with van der Waals surface area (Å²) in [6.07, 6.45) is -4.13. The number of aliphatic carboxylic acids is 1. The smallest absolute Gasteiger partial charge is 0.430 e. The third-order valence-corrected chi connectivity index (χ3v) is 4.57. The Morgan fingerprint density at radius 1 is 1.21 bits per heavy atom. The first-order chi connectivity index (χ1) is 13.8. The Bertz CT molecular complexity index is 904. The van der Waals surface area contributed by atoms with E-state index < -0.39 is 23.8 Å². The molecule has 2 aromatic carbocycles. The monoisotopic (exact) mass is 406 g/mol. The van der Waals surface area contributed by atoms with E-state index in [1.165, 1.54) is 6.07 Å². The van der Waals surface area contributed by atoms with Crippen molar-refractivity contribution < 1.29 is 32.5 Å². The minimum atomic E-state index is -4.84. The Kier molecular flexibility index (Phi) is 6.15. The van der Waals surface area contributed by atoms with Crippen molar-refractivity contribution in [2.24, 2.45) is 0 Å². The summed E-state index contributed by atoms with van der Waals surface area (Å²) < 4.78 is 50.9. The van der Waals surface area contributed by atoms with E-state index in [9.17, 15) is 23.1 Å². The molecule has 0 bridgehead atoms. The second-order valence-electron chi connectivity index (χ2n) is 6.81. The van der Waals surface area contributed by atoms with Crippen molar-refractivity contribution in [3.05, 3.63) is 64.7 Å². The van der Waals surface area contributed by atoms with Crippen LogP contribution in [0.25, 0.3) is 6.08 Å². The van der Waals surface area contributed by atoms with Gasteiger partial charge in [0.1, 0.15) is 11.5 Å². The van der Waals surface area contributed by atoms with E-state index in [2.05, 4.69) is 0 Å². The predicted octanol–water partition coefficient (Wildman–Crippen LogP) is 5.25. The van der Waals surface area contributed by atoms with Gasteiger partial charge in [0.2, 0.25) is 6.10 Å². The van der Waals surface area contributed by atoms with Crippen LogP contribution in [0.1, 0.15) is 36.5 Å². The number of halogens is 3. The van der Waals surface area contributed by atoms with Gasteiger partial charge in [-0.3, -0.25) is 0 Å². The Hall–Kier alpha value is -2.96. The predicted molar refractivity (Wildman–Crippen MR) is 102 cm³/mol. The molecule has 3 rings (SSSR count). The van der Waals surface area contributed by atoms with Gasteiger partial charge in [0.05, 0.1) is 12.2 Å². The van der Waals surface area contributed by atoms with Crippen molar-refractivity contribution >= 4 is 12.0 Å². The third-order valence-electron chi connectivity index (χ3n) is 4.57. The molecule has 4 nitrogen and oxygen atoms in total. The molecule has 0 aromatic heterocycles. The number of fused-ring (bicyclic) bond motifs is 1. The van der Waals surface area contributed by atoms with Crippen LogP contribution in [-0.2, 0) is 11.2 Å². The van der Waals surface area contributed by atoms with Crippen LogP contribution < -0.4 is 9.47 Å². The number of benzene rings is 2. The molecular formula is C22H21F3O4. The van der Waals surface area contributed by atoms with E-state index >= 15 is 0 Å². The number of carboxylic acids is 1. The SMILES string of the molecule is CCCCOc1cc2c(cc1Cc1ccccc1)OC(C(F)(F)F)C(C(=O)O)=C2. The van der Waals surface area contributed by atoms with Gasteiger partial charge in [0, 0.05) is 17.5 Å². The Labute approximate surface area is 166 Å². The molecule has 0 spiro atoms. The molecule has 0 amide bonds. The largest absolute Gasteiger partial charge is 0.493 e. The van der Waals surface area contributed by atoms with Crippen LogP contribution in [0.5, 0.6) is 11.5 Å². The normalized spacial score (nSPS) is 15.9. The summed E-state index contributed by atoms with van der Waals surface area (Å²) in [5.74, 6) is -1.16. The van der Waals surface area contributed by atoms with Gasteiger partial charge >= 0.3 is 12.1 Å². The summed E-state index contributed by atoms with van der Waals surface area (Å²) >= 11 is 0. The average Bonchev–Trinajstić information content (AvgIpc) is 2.67. The van der Waals surface area contributed by atoms with Crippen LogP contribution in [0.4, 0.5) is 13.2 Å². The maximum Gasteiger partial charge on any atom is 0.430 e. The lowest BCUT2D eigenvalue weighted by Crippen LogP contribution is -2.40. The first-order valence-electron chi connectivity index (χ1n) is 9.31. The molecule has 0 aliphatic carbocycles. The van der Waals surface area contributed by atoms with Crippen molar-refractivity contribution in [2.45, 2.75) is 38.5 Å². The molecule has 29 heavy (non-hydrogen) atoms. The molecule has 0 saturated carbocycles. The first-order valence-corrected chi connectivity index (χ1v) is 9.31. The highest BCUT2D eigenvalue weighted by molar-refractivity contribution is 5.95. The quantitative estimate of drug-likeness (QED) is 0.639. The fraction of sp³-hybridized carbons (Fsp3) is 0.318. The molecule has 0 radical (unpaired) electrons. The fourth-order valence-electron chi connectivity index (χ4n) is 3.10. The maximum atomic E-state index is 13.3. The lowest BCUT2D eigenvalue weighted by Gasteiger charge is -2.28. The number of ether oxygens (including phenoxy) is 2. The summed E-state index contributed by atoms with van der Waals surface area (Å²) in [6.45, 7) is 2.48. The van der Waals surface area contributed by atoms with Gasteiger partial charge in [-0.05, 0) is 30.2 Å². The summed E-state index contributed by atoms with van der Waals surface area (Å²) in [7, 11) is 0. The Balaban J connectivity index is 2.03. The van der Waals surface area contributed by atoms with Crippen molar-refractivity contribution in [1.82, 2.24) is 0 Å². The zero-order chi connectivity index (χ0) is 21.0. The van der Waals surface area contributed by atoms with Crippen molar-refractivity contribution in [3.63, 3.8) is 0 Å². The summed E-state index contributed by atoms with van der Waals surface area (Å²) in [6, 6.07) is 12.5. The van der Waals surface area contributed by atoms with E-state index in [1.54, 1.807) is 6.07 Å². The second kappa shape index (κ2) is 8.59. The number of unbranched alkanes of at least 4 members (excludes halogenated alkanes) is 1. The van der Waals surface area contributed by atoms with Crippen LogP contribution in [0.15, 0.2) is 48.0 Å². The molecular weight excluding hydrogens is 385 g/mol. The lowest BCUT2D eigenvalue weighted by atomic mass is 9.97. The molecule has 1 N–H and O–H groups in total. The molecule has 154 valence electrons. The van der Waals surface area contributed by atoms with Gasteiger partial charge in [0.15, 0.2) is 0 Å².